The fourth-order valence-corrected chi connectivity index (χ4v) is 3.29. The monoisotopic (exact) mass is 368 g/mol. The molecule has 0 aliphatic heterocycles. The molecule has 5 nitrogen and oxygen atoms in total. The van der Waals surface area contributed by atoms with Gasteiger partial charge in [0.15, 0.2) is 0 Å². The summed E-state index contributed by atoms with van der Waals surface area (Å²) in [5.41, 5.74) is 1.59. The van der Waals surface area contributed by atoms with Crippen molar-refractivity contribution in [3.63, 3.8) is 0 Å². The van der Waals surface area contributed by atoms with Gasteiger partial charge in [0.1, 0.15) is 4.60 Å². The Bertz CT molecular complexity index is 617. The van der Waals surface area contributed by atoms with Gasteiger partial charge in [0.05, 0.1) is 23.8 Å². The zero-order valence-electron chi connectivity index (χ0n) is 12.2. The van der Waals surface area contributed by atoms with Crippen LogP contribution in [0.3, 0.4) is 0 Å². The number of thioether (sulfide) groups is 1. The van der Waals surface area contributed by atoms with Crippen LogP contribution < -0.4 is 4.90 Å². The Morgan fingerprint density at radius 3 is 2.90 bits per heavy atom. The average Bonchev–Trinajstić information content (AvgIpc) is 2.88. The van der Waals surface area contributed by atoms with Gasteiger partial charge in [-0.1, -0.05) is 6.92 Å². The van der Waals surface area contributed by atoms with Crippen LogP contribution in [0.5, 0.6) is 0 Å². The van der Waals surface area contributed by atoms with Crippen molar-refractivity contribution in [1.29, 1.82) is 0 Å². The second kappa shape index (κ2) is 7.09. The zero-order chi connectivity index (χ0) is 15.4. The van der Waals surface area contributed by atoms with Crippen molar-refractivity contribution in [2.75, 3.05) is 24.0 Å². The van der Waals surface area contributed by atoms with Crippen molar-refractivity contribution in [1.82, 2.24) is 14.8 Å². The van der Waals surface area contributed by atoms with Gasteiger partial charge in [-0.15, -0.1) is 0 Å². The minimum absolute atomic E-state index is 0.0290. The molecule has 21 heavy (non-hydrogen) atoms. The summed E-state index contributed by atoms with van der Waals surface area (Å²) < 4.78 is 2.45. The van der Waals surface area contributed by atoms with Crippen molar-refractivity contribution in [2.45, 2.75) is 6.92 Å². The molecular formula is C14H17BrN4OS. The number of anilines is 1. The molecule has 0 fully saturated rings. The minimum Gasteiger partial charge on any atom is -0.311 e. The number of carbonyl (C=O) groups is 1. The van der Waals surface area contributed by atoms with Crippen molar-refractivity contribution in [3.8, 4) is 5.69 Å². The van der Waals surface area contributed by atoms with Gasteiger partial charge in [-0.25, -0.2) is 4.68 Å². The van der Waals surface area contributed by atoms with Crippen LogP contribution in [0, 0.1) is 5.92 Å². The number of hydrogen-bond donors (Lipinski definition) is 0. The summed E-state index contributed by atoms with van der Waals surface area (Å²) in [6.45, 7) is 1.94. The molecule has 0 aliphatic rings. The Kier molecular flexibility index (Phi) is 5.41. The number of pyridine rings is 1. The molecule has 0 radical (unpaired) electrons. The van der Waals surface area contributed by atoms with Gasteiger partial charge >= 0.3 is 0 Å². The van der Waals surface area contributed by atoms with Crippen molar-refractivity contribution >= 4 is 39.3 Å². The second-order valence-electron chi connectivity index (χ2n) is 4.70. The van der Waals surface area contributed by atoms with E-state index in [-0.39, 0.29) is 11.8 Å². The van der Waals surface area contributed by atoms with Crippen LogP contribution in [0.1, 0.15) is 6.92 Å². The molecule has 1 atom stereocenters. The first-order valence-corrected chi connectivity index (χ1v) is 8.65. The number of hydrogen-bond acceptors (Lipinski definition) is 4. The molecule has 1 unspecified atom stereocenters. The topological polar surface area (TPSA) is 51.0 Å². The predicted octanol–water partition coefficient (Wildman–Crippen LogP) is 2.99. The van der Waals surface area contributed by atoms with E-state index in [1.165, 1.54) is 0 Å². The number of aromatic nitrogens is 3. The number of nitrogens with zero attached hydrogens (tertiary/aromatic N) is 4. The SMILES string of the molecule is CSCC(C)C(=O)N(C)c1cnn(-c2cccnc2)c1Br. The van der Waals surface area contributed by atoms with E-state index in [2.05, 4.69) is 26.0 Å². The van der Waals surface area contributed by atoms with Crippen LogP contribution >= 0.6 is 27.7 Å². The third-order valence-corrected chi connectivity index (χ3v) is 4.69. The molecule has 2 aromatic heterocycles. The Hall–Kier alpha value is -1.34. The lowest BCUT2D eigenvalue weighted by Gasteiger charge is -2.20. The smallest absolute Gasteiger partial charge is 0.230 e. The first-order valence-electron chi connectivity index (χ1n) is 6.46. The quantitative estimate of drug-likeness (QED) is 0.813. The summed E-state index contributed by atoms with van der Waals surface area (Å²) in [5, 5.41) is 4.33. The predicted molar refractivity (Wildman–Crippen MR) is 90.0 cm³/mol. The van der Waals surface area contributed by atoms with Crippen molar-refractivity contribution in [3.05, 3.63) is 35.3 Å². The summed E-state index contributed by atoms with van der Waals surface area (Å²) >= 11 is 5.19. The van der Waals surface area contributed by atoms with Gasteiger partial charge in [0.25, 0.3) is 0 Å². The molecule has 0 saturated carbocycles. The summed E-state index contributed by atoms with van der Waals surface area (Å²) in [6.07, 6.45) is 7.11. The van der Waals surface area contributed by atoms with Gasteiger partial charge in [-0.05, 0) is 34.3 Å². The third-order valence-electron chi connectivity index (χ3n) is 3.11. The van der Waals surface area contributed by atoms with E-state index in [1.807, 2.05) is 25.3 Å². The minimum atomic E-state index is -0.0290. The molecule has 7 heteroatoms. The second-order valence-corrected chi connectivity index (χ2v) is 6.36. The largest absolute Gasteiger partial charge is 0.311 e. The zero-order valence-corrected chi connectivity index (χ0v) is 14.6. The molecule has 2 rings (SSSR count). The van der Waals surface area contributed by atoms with Gasteiger partial charge in [0.2, 0.25) is 5.91 Å². The maximum Gasteiger partial charge on any atom is 0.230 e. The van der Waals surface area contributed by atoms with Crippen molar-refractivity contribution in [2.24, 2.45) is 5.92 Å². The fourth-order valence-electron chi connectivity index (χ4n) is 1.98. The van der Waals surface area contributed by atoms with Crippen LogP contribution in [0.4, 0.5) is 5.69 Å². The highest BCUT2D eigenvalue weighted by Gasteiger charge is 2.22. The van der Waals surface area contributed by atoms with Crippen LogP contribution in [-0.2, 0) is 4.79 Å². The van der Waals surface area contributed by atoms with Crippen molar-refractivity contribution < 1.29 is 4.79 Å². The lowest BCUT2D eigenvalue weighted by atomic mass is 10.2. The van der Waals surface area contributed by atoms with E-state index >= 15 is 0 Å². The number of amides is 1. The summed E-state index contributed by atoms with van der Waals surface area (Å²) in [5.74, 6) is 0.854. The first-order chi connectivity index (χ1) is 10.1. The Morgan fingerprint density at radius 2 is 2.29 bits per heavy atom. The normalized spacial score (nSPS) is 12.2. The van der Waals surface area contributed by atoms with Crippen LogP contribution in [0.25, 0.3) is 5.69 Å². The van der Waals surface area contributed by atoms with Crippen LogP contribution in [0.15, 0.2) is 35.3 Å². The number of rotatable bonds is 5. The molecule has 2 heterocycles. The van der Waals surface area contributed by atoms with Gasteiger partial charge in [-0.3, -0.25) is 9.78 Å². The standard InChI is InChI=1S/C14H17BrN4OS/c1-10(9-21-3)14(20)18(2)12-8-17-19(13(12)15)11-5-4-6-16-7-11/h4-8,10H,9H2,1-3H3. The maximum absolute atomic E-state index is 12.4. The molecule has 2 aromatic rings. The van der Waals surface area contributed by atoms with Gasteiger partial charge in [0, 0.05) is 24.9 Å². The maximum atomic E-state index is 12.4. The Balaban J connectivity index is 2.26. The molecule has 0 bridgehead atoms. The van der Waals surface area contributed by atoms with E-state index in [0.717, 1.165) is 21.7 Å². The summed E-state index contributed by atoms with van der Waals surface area (Å²) in [7, 11) is 1.77. The molecule has 112 valence electrons. The molecule has 0 aromatic carbocycles. The van der Waals surface area contributed by atoms with E-state index in [9.17, 15) is 4.79 Å². The Morgan fingerprint density at radius 1 is 1.52 bits per heavy atom. The number of carbonyl (C=O) groups excluding carboxylic acids is 1. The molecule has 0 aliphatic carbocycles. The molecule has 1 amide bonds. The highest BCUT2D eigenvalue weighted by Crippen LogP contribution is 2.28. The molecule has 0 spiro atoms. The molecule has 0 saturated heterocycles. The van der Waals surface area contributed by atoms with Crippen LogP contribution in [-0.4, -0.2) is 39.7 Å². The summed E-state index contributed by atoms with van der Waals surface area (Å²) in [6, 6.07) is 3.76. The van der Waals surface area contributed by atoms with Gasteiger partial charge < -0.3 is 4.90 Å². The average molecular weight is 369 g/mol. The number of halogens is 1. The van der Waals surface area contributed by atoms with E-state index in [1.54, 1.807) is 47.0 Å². The first kappa shape index (κ1) is 16.0. The summed E-state index contributed by atoms with van der Waals surface area (Å²) in [4.78, 5) is 18.1. The molecule has 0 N–H and O–H groups in total. The molecular weight excluding hydrogens is 352 g/mol. The highest BCUT2D eigenvalue weighted by molar-refractivity contribution is 9.10. The van der Waals surface area contributed by atoms with Crippen LogP contribution in [0.2, 0.25) is 0 Å². The highest BCUT2D eigenvalue weighted by atomic mass is 79.9. The lowest BCUT2D eigenvalue weighted by molar-refractivity contribution is -0.120. The Labute approximate surface area is 136 Å². The van der Waals surface area contributed by atoms with E-state index in [4.69, 9.17) is 0 Å². The van der Waals surface area contributed by atoms with Gasteiger partial charge in [-0.2, -0.15) is 16.9 Å². The third kappa shape index (κ3) is 3.47. The van der Waals surface area contributed by atoms with E-state index in [0.29, 0.717) is 0 Å². The fraction of sp³-hybridized carbons (Fsp3) is 0.357. The lowest BCUT2D eigenvalue weighted by Crippen LogP contribution is -2.32. The van der Waals surface area contributed by atoms with E-state index < -0.39 is 0 Å².